The molecule has 5 nitrogen and oxygen atoms in total. The van der Waals surface area contributed by atoms with Crippen LogP contribution >= 0.6 is 12.2 Å². The van der Waals surface area contributed by atoms with Crippen molar-refractivity contribution in [3.63, 3.8) is 0 Å². The maximum absolute atomic E-state index is 12.7. The van der Waals surface area contributed by atoms with E-state index in [1.165, 1.54) is 0 Å². The number of pyridine rings is 1. The number of benzene rings is 1. The highest BCUT2D eigenvalue weighted by Gasteiger charge is 2.17. The first-order valence-electron chi connectivity index (χ1n) is 7.24. The number of ketones is 1. The van der Waals surface area contributed by atoms with Gasteiger partial charge in [0.05, 0.1) is 24.7 Å². The van der Waals surface area contributed by atoms with Crippen molar-refractivity contribution in [3.8, 4) is 5.75 Å². The lowest BCUT2D eigenvalue weighted by molar-refractivity contribution is 0.0967. The van der Waals surface area contributed by atoms with Gasteiger partial charge in [-0.1, -0.05) is 12.1 Å². The summed E-state index contributed by atoms with van der Waals surface area (Å²) in [6, 6.07) is 7.72. The first-order valence-corrected chi connectivity index (χ1v) is 7.64. The SMILES string of the molecule is COc1c(C)cnc(C(=O)Cn2c(=S)[nH]c3ccccc32)c1C. The highest BCUT2D eigenvalue weighted by molar-refractivity contribution is 7.71. The van der Waals surface area contributed by atoms with E-state index in [4.69, 9.17) is 17.0 Å². The van der Waals surface area contributed by atoms with Gasteiger partial charge in [-0.2, -0.15) is 0 Å². The Balaban J connectivity index is 2.02. The van der Waals surface area contributed by atoms with Gasteiger partial charge in [-0.05, 0) is 38.2 Å². The van der Waals surface area contributed by atoms with Crippen LogP contribution in [0.15, 0.2) is 30.5 Å². The molecule has 0 unspecified atom stereocenters. The van der Waals surface area contributed by atoms with E-state index >= 15 is 0 Å². The maximum Gasteiger partial charge on any atom is 0.201 e. The largest absolute Gasteiger partial charge is 0.496 e. The van der Waals surface area contributed by atoms with Crippen molar-refractivity contribution in [1.29, 1.82) is 0 Å². The first kappa shape index (κ1) is 15.4. The van der Waals surface area contributed by atoms with Crippen LogP contribution in [-0.2, 0) is 6.54 Å². The Morgan fingerprint density at radius 2 is 2.09 bits per heavy atom. The van der Waals surface area contributed by atoms with Crippen molar-refractivity contribution in [3.05, 3.63) is 52.1 Å². The highest BCUT2D eigenvalue weighted by atomic mass is 32.1. The fourth-order valence-corrected chi connectivity index (χ4v) is 3.07. The second-order valence-corrected chi connectivity index (χ2v) is 5.79. The van der Waals surface area contributed by atoms with Gasteiger partial charge in [0.2, 0.25) is 5.78 Å². The molecule has 0 spiro atoms. The number of H-pyrrole nitrogens is 1. The van der Waals surface area contributed by atoms with Crippen molar-refractivity contribution in [1.82, 2.24) is 14.5 Å². The lowest BCUT2D eigenvalue weighted by Gasteiger charge is -2.12. The molecule has 1 N–H and O–H groups in total. The average Bonchev–Trinajstić information content (AvgIpc) is 2.84. The van der Waals surface area contributed by atoms with E-state index in [1.807, 2.05) is 38.1 Å². The number of hydrogen-bond donors (Lipinski definition) is 1. The number of nitrogens with one attached hydrogen (secondary N) is 1. The quantitative estimate of drug-likeness (QED) is 0.587. The van der Waals surface area contributed by atoms with E-state index in [2.05, 4.69) is 9.97 Å². The van der Waals surface area contributed by atoms with Crippen molar-refractivity contribution in [2.75, 3.05) is 7.11 Å². The zero-order valence-electron chi connectivity index (χ0n) is 13.2. The van der Waals surface area contributed by atoms with Crippen LogP contribution in [0.2, 0.25) is 0 Å². The van der Waals surface area contributed by atoms with Crippen LogP contribution in [0.25, 0.3) is 11.0 Å². The number of para-hydroxylation sites is 2. The molecule has 2 heterocycles. The van der Waals surface area contributed by atoms with Crippen LogP contribution < -0.4 is 4.74 Å². The van der Waals surface area contributed by atoms with Gasteiger partial charge in [-0.15, -0.1) is 0 Å². The highest BCUT2D eigenvalue weighted by Crippen LogP contribution is 2.25. The van der Waals surface area contributed by atoms with Crippen molar-refractivity contribution in [2.24, 2.45) is 0 Å². The van der Waals surface area contributed by atoms with Crippen LogP contribution in [0.1, 0.15) is 21.6 Å². The Bertz CT molecular complexity index is 956. The summed E-state index contributed by atoms with van der Waals surface area (Å²) < 4.78 is 7.69. The van der Waals surface area contributed by atoms with Crippen LogP contribution in [-0.4, -0.2) is 27.4 Å². The van der Waals surface area contributed by atoms with Gasteiger partial charge in [0.1, 0.15) is 11.4 Å². The Morgan fingerprint density at radius 3 is 2.83 bits per heavy atom. The lowest BCUT2D eigenvalue weighted by Crippen LogP contribution is -2.14. The Hall–Kier alpha value is -2.47. The topological polar surface area (TPSA) is 59.9 Å². The molecule has 0 atom stereocenters. The molecule has 118 valence electrons. The number of carbonyl (C=O) groups excluding carboxylic acids is 1. The minimum Gasteiger partial charge on any atom is -0.496 e. The van der Waals surface area contributed by atoms with Crippen molar-refractivity contribution in [2.45, 2.75) is 20.4 Å². The number of hydrogen-bond acceptors (Lipinski definition) is 4. The van der Waals surface area contributed by atoms with Gasteiger partial charge in [0.25, 0.3) is 0 Å². The van der Waals surface area contributed by atoms with E-state index in [0.717, 1.165) is 22.2 Å². The molecule has 3 aromatic rings. The van der Waals surface area contributed by atoms with E-state index in [9.17, 15) is 4.79 Å². The number of aryl methyl sites for hydroxylation is 1. The molecular weight excluding hydrogens is 310 g/mol. The molecular formula is C17H17N3O2S. The smallest absolute Gasteiger partial charge is 0.201 e. The Morgan fingerprint density at radius 1 is 1.35 bits per heavy atom. The molecule has 1 aromatic carbocycles. The third kappa shape index (κ3) is 2.66. The summed E-state index contributed by atoms with van der Waals surface area (Å²) in [6.07, 6.45) is 1.66. The molecule has 0 aliphatic heterocycles. The number of nitrogens with zero attached hydrogens (tertiary/aromatic N) is 2. The average molecular weight is 327 g/mol. The predicted octanol–water partition coefficient (Wildman–Crippen LogP) is 3.60. The lowest BCUT2D eigenvalue weighted by atomic mass is 10.1. The molecule has 3 rings (SSSR count). The summed E-state index contributed by atoms with van der Waals surface area (Å²) in [5.41, 5.74) is 3.90. The summed E-state index contributed by atoms with van der Waals surface area (Å²) in [7, 11) is 1.60. The van der Waals surface area contributed by atoms with Gasteiger partial charge >= 0.3 is 0 Å². The number of Topliss-reactive ketones (excluding diaryl/α,β-unsaturated/α-hetero) is 1. The summed E-state index contributed by atoms with van der Waals surface area (Å²) in [4.78, 5) is 20.1. The van der Waals surface area contributed by atoms with Crippen molar-refractivity contribution >= 4 is 29.0 Å². The fourth-order valence-electron chi connectivity index (χ4n) is 2.80. The second-order valence-electron chi connectivity index (χ2n) is 5.40. The third-order valence-electron chi connectivity index (χ3n) is 3.89. The predicted molar refractivity (Wildman–Crippen MR) is 91.7 cm³/mol. The zero-order chi connectivity index (χ0) is 16.6. The number of carbonyl (C=O) groups is 1. The number of rotatable bonds is 4. The molecule has 0 amide bonds. The minimum atomic E-state index is -0.0957. The summed E-state index contributed by atoms with van der Waals surface area (Å²) in [6.45, 7) is 3.90. The van der Waals surface area contributed by atoms with Crippen LogP contribution in [0.5, 0.6) is 5.75 Å². The summed E-state index contributed by atoms with van der Waals surface area (Å²) >= 11 is 5.33. The number of methoxy groups -OCH3 is 1. The molecule has 0 radical (unpaired) electrons. The Kier molecular flexibility index (Phi) is 4.00. The van der Waals surface area contributed by atoms with Gasteiger partial charge in [-0.25, -0.2) is 0 Å². The van der Waals surface area contributed by atoms with Crippen LogP contribution in [0.3, 0.4) is 0 Å². The summed E-state index contributed by atoms with van der Waals surface area (Å²) in [5, 5.41) is 0. The molecule has 0 saturated carbocycles. The summed E-state index contributed by atoms with van der Waals surface area (Å²) in [5.74, 6) is 0.604. The van der Waals surface area contributed by atoms with E-state index in [-0.39, 0.29) is 12.3 Å². The molecule has 0 aliphatic carbocycles. The molecule has 0 aliphatic rings. The Labute approximate surface area is 138 Å². The minimum absolute atomic E-state index is 0.0957. The normalized spacial score (nSPS) is 10.9. The van der Waals surface area contributed by atoms with Gasteiger partial charge in [-0.3, -0.25) is 9.78 Å². The van der Waals surface area contributed by atoms with Gasteiger partial charge in [0, 0.05) is 17.3 Å². The molecule has 0 fully saturated rings. The maximum atomic E-state index is 12.7. The molecule has 0 saturated heterocycles. The van der Waals surface area contributed by atoms with Gasteiger partial charge < -0.3 is 14.3 Å². The molecule has 0 bridgehead atoms. The number of ether oxygens (including phenoxy) is 1. The van der Waals surface area contributed by atoms with Crippen molar-refractivity contribution < 1.29 is 9.53 Å². The van der Waals surface area contributed by atoms with Crippen LogP contribution in [0.4, 0.5) is 0 Å². The van der Waals surface area contributed by atoms with E-state index in [1.54, 1.807) is 17.9 Å². The van der Waals surface area contributed by atoms with E-state index in [0.29, 0.717) is 16.2 Å². The fraction of sp³-hybridized carbons (Fsp3) is 0.235. The molecule has 23 heavy (non-hydrogen) atoms. The van der Waals surface area contributed by atoms with Crippen LogP contribution in [0, 0.1) is 18.6 Å². The number of fused-ring (bicyclic) bond motifs is 1. The third-order valence-corrected chi connectivity index (χ3v) is 4.22. The first-order chi connectivity index (χ1) is 11.0. The monoisotopic (exact) mass is 327 g/mol. The molecule has 2 aromatic heterocycles. The molecule has 6 heteroatoms. The van der Waals surface area contributed by atoms with E-state index < -0.39 is 0 Å². The standard InChI is InChI=1S/C17H17N3O2S/c1-10-8-18-15(11(2)16(10)22-3)14(21)9-20-13-7-5-4-6-12(13)19-17(20)23/h4-8H,9H2,1-3H3,(H,19,23). The second kappa shape index (κ2) is 5.96. The number of aromatic nitrogens is 3. The number of aromatic amines is 1. The van der Waals surface area contributed by atoms with Gasteiger partial charge in [0.15, 0.2) is 4.77 Å². The zero-order valence-corrected chi connectivity index (χ0v) is 14.0. The number of imidazole rings is 1.